The van der Waals surface area contributed by atoms with Crippen molar-refractivity contribution in [2.24, 2.45) is 0 Å². The average molecular weight is 192 g/mol. The maximum Gasteiger partial charge on any atom is 0.180 e. The van der Waals surface area contributed by atoms with Gasteiger partial charge in [-0.25, -0.2) is 15.0 Å². The molecule has 0 aliphatic carbocycles. The molecule has 1 aliphatic rings. The Bertz CT molecular complexity index is 390. The number of fused-ring (bicyclic) bond motifs is 1. The molecule has 6 heteroatoms. The van der Waals surface area contributed by atoms with Crippen LogP contribution in [0, 0.1) is 0 Å². The van der Waals surface area contributed by atoms with Gasteiger partial charge in [0.25, 0.3) is 0 Å². The summed E-state index contributed by atoms with van der Waals surface area (Å²) in [5, 5.41) is 0. The van der Waals surface area contributed by atoms with Crippen molar-refractivity contribution < 1.29 is 9.78 Å². The minimum absolute atomic E-state index is 0.597. The lowest BCUT2D eigenvalue weighted by molar-refractivity contribution is -0.221. The third kappa shape index (κ3) is 2.05. The summed E-state index contributed by atoms with van der Waals surface area (Å²) in [6, 6.07) is 0. The van der Waals surface area contributed by atoms with Crippen molar-refractivity contribution in [1.29, 1.82) is 0 Å². The van der Waals surface area contributed by atoms with Gasteiger partial charge < -0.3 is 9.87 Å². The zero-order valence-electron chi connectivity index (χ0n) is 7.25. The number of imidazole rings is 1. The molecule has 0 spiro atoms. The maximum absolute atomic E-state index is 4.33. The number of nitrogens with one attached hydrogen (secondary N) is 1. The Kier molecular flexibility index (Phi) is 2.67. The van der Waals surface area contributed by atoms with E-state index in [0.717, 1.165) is 5.52 Å². The van der Waals surface area contributed by atoms with Crippen LogP contribution in [0.1, 0.15) is 0 Å². The van der Waals surface area contributed by atoms with E-state index < -0.39 is 0 Å². The van der Waals surface area contributed by atoms with Gasteiger partial charge in [-0.3, -0.25) is 0 Å². The summed E-state index contributed by atoms with van der Waals surface area (Å²) in [7, 11) is 0. The number of rotatable bonds is 0. The highest BCUT2D eigenvalue weighted by molar-refractivity contribution is 5.67. The second kappa shape index (κ2) is 4.33. The Morgan fingerprint density at radius 3 is 3.00 bits per heavy atom. The van der Waals surface area contributed by atoms with E-state index in [0.29, 0.717) is 12.3 Å². The Balaban J connectivity index is 0.000000128. The summed E-state index contributed by atoms with van der Waals surface area (Å²) in [6.45, 7) is 0.597. The van der Waals surface area contributed by atoms with Crippen LogP contribution in [0.25, 0.3) is 11.2 Å². The van der Waals surface area contributed by atoms with Gasteiger partial charge in [0.1, 0.15) is 24.7 Å². The first-order valence-corrected chi connectivity index (χ1v) is 3.99. The van der Waals surface area contributed by atoms with E-state index in [9.17, 15) is 0 Å². The van der Waals surface area contributed by atoms with Crippen LogP contribution in [0.15, 0.2) is 31.2 Å². The number of aromatic amines is 1. The highest BCUT2D eigenvalue weighted by Crippen LogP contribution is 1.99. The van der Waals surface area contributed by atoms with Crippen molar-refractivity contribution in [2.75, 3.05) is 6.61 Å². The lowest BCUT2D eigenvalue weighted by Crippen LogP contribution is -1.76. The molecule has 0 saturated heterocycles. The first kappa shape index (κ1) is 8.64. The Morgan fingerprint density at radius 1 is 1.36 bits per heavy atom. The van der Waals surface area contributed by atoms with Crippen molar-refractivity contribution in [3.8, 4) is 0 Å². The van der Waals surface area contributed by atoms with Crippen LogP contribution in [-0.2, 0) is 9.78 Å². The molecular weight excluding hydrogens is 184 g/mol. The largest absolute Gasteiger partial charge is 0.345 e. The smallest absolute Gasteiger partial charge is 0.180 e. The van der Waals surface area contributed by atoms with E-state index in [1.54, 1.807) is 18.6 Å². The van der Waals surface area contributed by atoms with Crippen LogP contribution >= 0.6 is 0 Å². The van der Waals surface area contributed by atoms with E-state index in [2.05, 4.69) is 29.7 Å². The van der Waals surface area contributed by atoms with Crippen LogP contribution in [0.3, 0.4) is 0 Å². The summed E-state index contributed by atoms with van der Waals surface area (Å²) in [4.78, 5) is 23.1. The SMILES string of the molecule is C1=COOC1.c1ncc2[nH]cnc2n1. The second-order valence-electron chi connectivity index (χ2n) is 2.42. The van der Waals surface area contributed by atoms with Crippen LogP contribution in [-0.4, -0.2) is 26.5 Å². The summed E-state index contributed by atoms with van der Waals surface area (Å²) in [6.07, 6.45) is 8.07. The lowest BCUT2D eigenvalue weighted by atomic mass is 10.6. The number of nitrogens with zero attached hydrogens (tertiary/aromatic N) is 3. The molecular formula is C8H8N4O2. The van der Waals surface area contributed by atoms with Gasteiger partial charge in [-0.15, -0.1) is 0 Å². The van der Waals surface area contributed by atoms with Crippen LogP contribution in [0.4, 0.5) is 0 Å². The zero-order chi connectivity index (χ0) is 9.64. The highest BCUT2D eigenvalue weighted by atomic mass is 17.2. The number of H-pyrrole nitrogens is 1. The second-order valence-corrected chi connectivity index (χ2v) is 2.42. The third-order valence-corrected chi connectivity index (χ3v) is 1.48. The standard InChI is InChI=1S/C5H4N4.C3H4O2/c1-4-5(8-2-6-1)9-3-7-4;1-2-4-5-3-1/h1-3H,(H,6,7,8,9);1-2H,3H2. The van der Waals surface area contributed by atoms with E-state index in [4.69, 9.17) is 0 Å². The van der Waals surface area contributed by atoms with Crippen molar-refractivity contribution >= 4 is 11.2 Å². The van der Waals surface area contributed by atoms with Gasteiger partial charge in [-0.05, 0) is 6.08 Å². The third-order valence-electron chi connectivity index (χ3n) is 1.48. The zero-order valence-corrected chi connectivity index (χ0v) is 7.25. The summed E-state index contributed by atoms with van der Waals surface area (Å²) >= 11 is 0. The minimum Gasteiger partial charge on any atom is -0.345 e. The van der Waals surface area contributed by atoms with Crippen LogP contribution in [0.2, 0.25) is 0 Å². The molecule has 1 aliphatic heterocycles. The topological polar surface area (TPSA) is 72.9 Å². The monoisotopic (exact) mass is 192 g/mol. The predicted octanol–water partition coefficient (Wildman–Crippen LogP) is 0.815. The van der Waals surface area contributed by atoms with Gasteiger partial charge in [0.05, 0.1) is 12.5 Å². The molecule has 0 atom stereocenters. The molecule has 72 valence electrons. The van der Waals surface area contributed by atoms with Crippen molar-refractivity contribution in [1.82, 2.24) is 19.9 Å². The van der Waals surface area contributed by atoms with E-state index >= 15 is 0 Å². The Hall–Kier alpha value is -1.95. The van der Waals surface area contributed by atoms with Crippen molar-refractivity contribution in [3.05, 3.63) is 31.2 Å². The fourth-order valence-electron chi connectivity index (χ4n) is 0.887. The molecule has 2 aromatic rings. The number of hydrogen-bond acceptors (Lipinski definition) is 5. The summed E-state index contributed by atoms with van der Waals surface area (Å²) in [5.41, 5.74) is 1.59. The summed E-state index contributed by atoms with van der Waals surface area (Å²) < 4.78 is 0. The van der Waals surface area contributed by atoms with Crippen molar-refractivity contribution in [3.63, 3.8) is 0 Å². The number of hydrogen-bond donors (Lipinski definition) is 1. The molecule has 6 nitrogen and oxygen atoms in total. The molecule has 0 amide bonds. The minimum atomic E-state index is 0.597. The Morgan fingerprint density at radius 2 is 2.36 bits per heavy atom. The summed E-state index contributed by atoms with van der Waals surface area (Å²) in [5.74, 6) is 0. The fraction of sp³-hybridized carbons (Fsp3) is 0.125. The molecule has 0 saturated carbocycles. The molecule has 2 aromatic heterocycles. The van der Waals surface area contributed by atoms with Gasteiger partial charge in [0, 0.05) is 0 Å². The molecule has 0 fully saturated rings. The average Bonchev–Trinajstić information content (AvgIpc) is 2.92. The number of aromatic nitrogens is 4. The lowest BCUT2D eigenvalue weighted by Gasteiger charge is -1.80. The maximum atomic E-state index is 4.33. The molecule has 3 rings (SSSR count). The fourth-order valence-corrected chi connectivity index (χ4v) is 0.887. The first-order chi connectivity index (χ1) is 6.97. The first-order valence-electron chi connectivity index (χ1n) is 3.99. The molecule has 14 heavy (non-hydrogen) atoms. The van der Waals surface area contributed by atoms with Gasteiger partial charge in [0.2, 0.25) is 0 Å². The molecule has 0 unspecified atom stereocenters. The Labute approximate surface area is 79.5 Å². The van der Waals surface area contributed by atoms with Crippen molar-refractivity contribution in [2.45, 2.75) is 0 Å². The molecule has 3 heterocycles. The van der Waals surface area contributed by atoms with Crippen LogP contribution in [0.5, 0.6) is 0 Å². The van der Waals surface area contributed by atoms with Gasteiger partial charge in [-0.2, -0.15) is 4.89 Å². The van der Waals surface area contributed by atoms with Gasteiger partial charge >= 0.3 is 0 Å². The predicted molar refractivity (Wildman–Crippen MR) is 47.9 cm³/mol. The molecule has 0 bridgehead atoms. The highest BCUT2D eigenvalue weighted by Gasteiger charge is 1.91. The van der Waals surface area contributed by atoms with Gasteiger partial charge in [-0.1, -0.05) is 0 Å². The van der Waals surface area contributed by atoms with E-state index in [1.165, 1.54) is 12.6 Å². The van der Waals surface area contributed by atoms with E-state index in [1.807, 2.05) is 0 Å². The van der Waals surface area contributed by atoms with Gasteiger partial charge in [0.15, 0.2) is 5.65 Å². The molecule has 1 N–H and O–H groups in total. The van der Waals surface area contributed by atoms with E-state index in [-0.39, 0.29) is 0 Å². The van der Waals surface area contributed by atoms with Crippen LogP contribution < -0.4 is 0 Å². The quantitative estimate of drug-likeness (QED) is 0.625. The molecule has 0 radical (unpaired) electrons. The molecule has 0 aromatic carbocycles. The normalized spacial score (nSPS) is 13.4.